The van der Waals surface area contributed by atoms with E-state index in [1.54, 1.807) is 0 Å². The first-order chi connectivity index (χ1) is 9.22. The highest BCUT2D eigenvalue weighted by Crippen LogP contribution is 2.21. The maximum atomic E-state index is 4.79. The molecular formula is C14H23N5. The third-order valence-corrected chi connectivity index (χ3v) is 4.05. The number of piperazine rings is 1. The summed E-state index contributed by atoms with van der Waals surface area (Å²) >= 11 is 0. The largest absolute Gasteiger partial charge is 0.354 e. The normalized spacial score (nSPS) is 21.2. The SMILES string of the molecule is Cc1cc(N2CCN(C)CC2)nc(N2CCCC2)n1. The molecule has 3 rings (SSSR count). The van der Waals surface area contributed by atoms with Crippen LogP contribution in [-0.2, 0) is 0 Å². The van der Waals surface area contributed by atoms with Crippen molar-refractivity contribution in [2.75, 3.05) is 56.1 Å². The molecule has 0 atom stereocenters. The van der Waals surface area contributed by atoms with Gasteiger partial charge in [-0.2, -0.15) is 4.98 Å². The third kappa shape index (κ3) is 2.81. The predicted molar refractivity (Wildman–Crippen MR) is 77.9 cm³/mol. The number of likely N-dealkylation sites (N-methyl/N-ethyl adjacent to an activating group) is 1. The molecule has 2 aliphatic rings. The number of hydrogen-bond donors (Lipinski definition) is 0. The van der Waals surface area contributed by atoms with Crippen LogP contribution < -0.4 is 9.80 Å². The Morgan fingerprint density at radius 2 is 1.58 bits per heavy atom. The highest BCUT2D eigenvalue weighted by atomic mass is 15.3. The zero-order chi connectivity index (χ0) is 13.2. The van der Waals surface area contributed by atoms with Gasteiger partial charge in [-0.1, -0.05) is 0 Å². The number of aryl methyl sites for hydroxylation is 1. The molecule has 1 aromatic rings. The Kier molecular flexibility index (Phi) is 3.55. The molecule has 0 spiro atoms. The lowest BCUT2D eigenvalue weighted by atomic mass is 10.3. The van der Waals surface area contributed by atoms with E-state index in [-0.39, 0.29) is 0 Å². The molecule has 5 heteroatoms. The fourth-order valence-electron chi connectivity index (χ4n) is 2.79. The van der Waals surface area contributed by atoms with E-state index in [0.717, 1.165) is 56.7 Å². The van der Waals surface area contributed by atoms with Crippen LogP contribution in [0.4, 0.5) is 11.8 Å². The van der Waals surface area contributed by atoms with E-state index in [9.17, 15) is 0 Å². The maximum absolute atomic E-state index is 4.79. The number of aromatic nitrogens is 2. The monoisotopic (exact) mass is 261 g/mol. The lowest BCUT2D eigenvalue weighted by molar-refractivity contribution is 0.312. The summed E-state index contributed by atoms with van der Waals surface area (Å²) in [4.78, 5) is 16.5. The minimum Gasteiger partial charge on any atom is -0.354 e. The molecule has 2 saturated heterocycles. The highest BCUT2D eigenvalue weighted by Gasteiger charge is 2.19. The fourth-order valence-corrected chi connectivity index (χ4v) is 2.79. The van der Waals surface area contributed by atoms with Crippen LogP contribution in [0, 0.1) is 6.92 Å². The Morgan fingerprint density at radius 3 is 2.26 bits per heavy atom. The van der Waals surface area contributed by atoms with Gasteiger partial charge >= 0.3 is 0 Å². The van der Waals surface area contributed by atoms with E-state index in [4.69, 9.17) is 4.98 Å². The molecule has 0 bridgehead atoms. The van der Waals surface area contributed by atoms with Crippen molar-refractivity contribution in [1.29, 1.82) is 0 Å². The van der Waals surface area contributed by atoms with Gasteiger partial charge in [0.15, 0.2) is 0 Å². The maximum Gasteiger partial charge on any atom is 0.227 e. The van der Waals surface area contributed by atoms with Gasteiger partial charge in [0.2, 0.25) is 5.95 Å². The van der Waals surface area contributed by atoms with E-state index in [0.29, 0.717) is 0 Å². The summed E-state index contributed by atoms with van der Waals surface area (Å²) < 4.78 is 0. The molecule has 0 radical (unpaired) electrons. The summed E-state index contributed by atoms with van der Waals surface area (Å²) in [5.74, 6) is 2.02. The zero-order valence-corrected chi connectivity index (χ0v) is 12.0. The van der Waals surface area contributed by atoms with Gasteiger partial charge in [-0.05, 0) is 26.8 Å². The van der Waals surface area contributed by atoms with Crippen LogP contribution in [-0.4, -0.2) is 61.2 Å². The van der Waals surface area contributed by atoms with Crippen LogP contribution in [0.15, 0.2) is 6.07 Å². The fraction of sp³-hybridized carbons (Fsp3) is 0.714. The van der Waals surface area contributed by atoms with Gasteiger partial charge < -0.3 is 14.7 Å². The molecule has 2 fully saturated rings. The minimum atomic E-state index is 0.923. The van der Waals surface area contributed by atoms with Crippen LogP contribution in [0.25, 0.3) is 0 Å². The van der Waals surface area contributed by atoms with Gasteiger partial charge in [-0.15, -0.1) is 0 Å². The van der Waals surface area contributed by atoms with Gasteiger partial charge in [0.25, 0.3) is 0 Å². The second-order valence-electron chi connectivity index (χ2n) is 5.65. The average molecular weight is 261 g/mol. The molecule has 0 N–H and O–H groups in total. The smallest absolute Gasteiger partial charge is 0.227 e. The first-order valence-corrected chi connectivity index (χ1v) is 7.26. The first-order valence-electron chi connectivity index (χ1n) is 7.26. The third-order valence-electron chi connectivity index (χ3n) is 4.05. The lowest BCUT2D eigenvalue weighted by Crippen LogP contribution is -2.45. The Bertz CT molecular complexity index is 433. The summed E-state index contributed by atoms with van der Waals surface area (Å²) in [6.45, 7) is 8.63. The summed E-state index contributed by atoms with van der Waals surface area (Å²) in [6.07, 6.45) is 2.53. The van der Waals surface area contributed by atoms with Crippen LogP contribution in [0.1, 0.15) is 18.5 Å². The molecule has 0 aliphatic carbocycles. The quantitative estimate of drug-likeness (QED) is 0.797. The van der Waals surface area contributed by atoms with E-state index >= 15 is 0 Å². The van der Waals surface area contributed by atoms with E-state index in [2.05, 4.69) is 39.7 Å². The van der Waals surface area contributed by atoms with Gasteiger partial charge in [-0.25, -0.2) is 4.98 Å². The average Bonchev–Trinajstić information content (AvgIpc) is 2.93. The minimum absolute atomic E-state index is 0.923. The Labute approximate surface area is 115 Å². The topological polar surface area (TPSA) is 35.5 Å². The van der Waals surface area contributed by atoms with Gasteiger partial charge in [-0.3, -0.25) is 0 Å². The molecular weight excluding hydrogens is 238 g/mol. The number of anilines is 2. The van der Waals surface area contributed by atoms with Crippen LogP contribution in [0.5, 0.6) is 0 Å². The summed E-state index contributed by atoms with van der Waals surface area (Å²) in [5.41, 5.74) is 1.07. The summed E-state index contributed by atoms with van der Waals surface area (Å²) in [6, 6.07) is 2.12. The second kappa shape index (κ2) is 5.33. The molecule has 1 aromatic heterocycles. The van der Waals surface area contributed by atoms with Crippen molar-refractivity contribution < 1.29 is 0 Å². The predicted octanol–water partition coefficient (Wildman–Crippen LogP) is 1.14. The van der Waals surface area contributed by atoms with Crippen molar-refractivity contribution in [2.24, 2.45) is 0 Å². The van der Waals surface area contributed by atoms with Crippen molar-refractivity contribution in [3.05, 3.63) is 11.8 Å². The molecule has 0 aromatic carbocycles. The number of nitrogens with zero attached hydrogens (tertiary/aromatic N) is 5. The van der Waals surface area contributed by atoms with E-state index in [1.165, 1.54) is 12.8 Å². The second-order valence-corrected chi connectivity index (χ2v) is 5.65. The van der Waals surface area contributed by atoms with Crippen molar-refractivity contribution in [1.82, 2.24) is 14.9 Å². The lowest BCUT2D eigenvalue weighted by Gasteiger charge is -2.33. The summed E-state index contributed by atoms with van der Waals surface area (Å²) in [5, 5.41) is 0. The van der Waals surface area contributed by atoms with Crippen LogP contribution >= 0.6 is 0 Å². The highest BCUT2D eigenvalue weighted by molar-refractivity contribution is 5.46. The molecule has 5 nitrogen and oxygen atoms in total. The van der Waals surface area contributed by atoms with Gasteiger partial charge in [0.05, 0.1) is 0 Å². The zero-order valence-electron chi connectivity index (χ0n) is 12.0. The van der Waals surface area contributed by atoms with Crippen LogP contribution in [0.2, 0.25) is 0 Å². The summed E-state index contributed by atoms with van der Waals surface area (Å²) in [7, 11) is 2.18. The standard InChI is InChI=1S/C14H23N5/c1-12-11-13(18-9-7-17(2)8-10-18)16-14(15-12)19-5-3-4-6-19/h11H,3-10H2,1-2H3. The van der Waals surface area contributed by atoms with Gasteiger partial charge in [0, 0.05) is 51.0 Å². The first kappa shape index (κ1) is 12.7. The Morgan fingerprint density at radius 1 is 0.895 bits per heavy atom. The van der Waals surface area contributed by atoms with Crippen molar-refractivity contribution >= 4 is 11.8 Å². The van der Waals surface area contributed by atoms with Crippen molar-refractivity contribution in [2.45, 2.75) is 19.8 Å². The molecule has 3 heterocycles. The van der Waals surface area contributed by atoms with E-state index in [1.807, 2.05) is 0 Å². The molecule has 0 amide bonds. The van der Waals surface area contributed by atoms with Gasteiger partial charge in [0.1, 0.15) is 5.82 Å². The number of rotatable bonds is 2. The molecule has 19 heavy (non-hydrogen) atoms. The van der Waals surface area contributed by atoms with Crippen molar-refractivity contribution in [3.63, 3.8) is 0 Å². The van der Waals surface area contributed by atoms with Crippen molar-refractivity contribution in [3.8, 4) is 0 Å². The molecule has 2 aliphatic heterocycles. The number of hydrogen-bond acceptors (Lipinski definition) is 5. The van der Waals surface area contributed by atoms with Crippen LogP contribution in [0.3, 0.4) is 0 Å². The Hall–Kier alpha value is -1.36. The Balaban J connectivity index is 1.80. The molecule has 0 unspecified atom stereocenters. The molecule has 0 saturated carbocycles. The molecule has 104 valence electrons. The van der Waals surface area contributed by atoms with E-state index < -0.39 is 0 Å².